The van der Waals surface area contributed by atoms with Crippen LogP contribution in [-0.4, -0.2) is 42.4 Å². The Morgan fingerprint density at radius 3 is 2.95 bits per heavy atom. The summed E-state index contributed by atoms with van der Waals surface area (Å²) in [6, 6.07) is 2.11. The number of pyridine rings is 1. The largest absolute Gasteiger partial charge is 0.478 e. The van der Waals surface area contributed by atoms with E-state index in [1.54, 1.807) is 19.4 Å². The lowest BCUT2D eigenvalue weighted by Gasteiger charge is -2.32. The molecule has 1 aromatic rings. The molecule has 0 aliphatic heterocycles. The molecule has 5 heteroatoms. The van der Waals surface area contributed by atoms with Crippen LogP contribution >= 0.6 is 0 Å². The molecule has 1 unspecified atom stereocenters. The van der Waals surface area contributed by atoms with E-state index in [0.29, 0.717) is 25.1 Å². The molecule has 1 fully saturated rings. The minimum atomic E-state index is -0.937. The lowest BCUT2D eigenvalue weighted by molar-refractivity contribution is 0.0697. The third kappa shape index (κ3) is 3.23. The van der Waals surface area contributed by atoms with E-state index in [4.69, 9.17) is 4.74 Å². The van der Waals surface area contributed by atoms with E-state index >= 15 is 0 Å². The van der Waals surface area contributed by atoms with Gasteiger partial charge in [0, 0.05) is 32.1 Å². The van der Waals surface area contributed by atoms with Gasteiger partial charge in [-0.05, 0) is 31.7 Å². The van der Waals surface area contributed by atoms with Gasteiger partial charge in [0.15, 0.2) is 0 Å². The summed E-state index contributed by atoms with van der Waals surface area (Å²) in [5, 5.41) is 9.28. The zero-order valence-electron chi connectivity index (χ0n) is 11.4. The second kappa shape index (κ2) is 6.02. The van der Waals surface area contributed by atoms with Gasteiger partial charge in [-0.2, -0.15) is 0 Å². The SMILES string of the molecule is COCCN(c1ccncc1C(=O)O)C(C)C1CC1. The molecule has 2 rings (SSSR count). The van der Waals surface area contributed by atoms with Crippen molar-refractivity contribution in [1.29, 1.82) is 0 Å². The van der Waals surface area contributed by atoms with Crippen LogP contribution in [0.15, 0.2) is 18.5 Å². The van der Waals surface area contributed by atoms with Gasteiger partial charge >= 0.3 is 5.97 Å². The highest BCUT2D eigenvalue weighted by Crippen LogP contribution is 2.37. The maximum atomic E-state index is 11.3. The van der Waals surface area contributed by atoms with Crippen molar-refractivity contribution in [3.8, 4) is 0 Å². The molecule has 1 aliphatic carbocycles. The van der Waals surface area contributed by atoms with Crippen LogP contribution in [0.2, 0.25) is 0 Å². The lowest BCUT2D eigenvalue weighted by Crippen LogP contribution is -2.38. The number of anilines is 1. The van der Waals surface area contributed by atoms with Crippen LogP contribution in [0.1, 0.15) is 30.1 Å². The first kappa shape index (κ1) is 13.8. The predicted molar refractivity (Wildman–Crippen MR) is 72.6 cm³/mol. The molecule has 0 amide bonds. The highest BCUT2D eigenvalue weighted by molar-refractivity contribution is 5.94. The first-order chi connectivity index (χ1) is 9.15. The van der Waals surface area contributed by atoms with E-state index in [1.165, 1.54) is 19.0 Å². The number of rotatable bonds is 7. The van der Waals surface area contributed by atoms with Gasteiger partial charge in [0.05, 0.1) is 12.3 Å². The molecule has 0 spiro atoms. The number of hydrogen-bond donors (Lipinski definition) is 1. The Hall–Kier alpha value is -1.62. The fraction of sp³-hybridized carbons (Fsp3) is 0.571. The van der Waals surface area contributed by atoms with Crippen molar-refractivity contribution in [3.63, 3.8) is 0 Å². The predicted octanol–water partition coefficient (Wildman–Crippen LogP) is 2.03. The van der Waals surface area contributed by atoms with Crippen LogP contribution in [0.25, 0.3) is 0 Å². The summed E-state index contributed by atoms with van der Waals surface area (Å²) in [6.45, 7) is 3.43. The molecule has 1 heterocycles. The first-order valence-electron chi connectivity index (χ1n) is 6.58. The molecule has 5 nitrogen and oxygen atoms in total. The fourth-order valence-electron chi connectivity index (χ4n) is 2.37. The van der Waals surface area contributed by atoms with Gasteiger partial charge in [-0.25, -0.2) is 4.79 Å². The molecular weight excluding hydrogens is 244 g/mol. The molecule has 104 valence electrons. The highest BCUT2D eigenvalue weighted by Gasteiger charge is 2.33. The Balaban J connectivity index is 2.28. The molecule has 1 atom stereocenters. The summed E-state index contributed by atoms with van der Waals surface area (Å²) in [5.74, 6) is -0.278. The maximum absolute atomic E-state index is 11.3. The van der Waals surface area contributed by atoms with Crippen LogP contribution in [0.5, 0.6) is 0 Å². The van der Waals surface area contributed by atoms with E-state index in [-0.39, 0.29) is 5.56 Å². The number of nitrogens with zero attached hydrogens (tertiary/aromatic N) is 2. The van der Waals surface area contributed by atoms with Crippen molar-refractivity contribution in [2.24, 2.45) is 5.92 Å². The average Bonchev–Trinajstić information content (AvgIpc) is 3.23. The molecular formula is C14H20N2O3. The minimum Gasteiger partial charge on any atom is -0.478 e. The Morgan fingerprint density at radius 1 is 1.63 bits per heavy atom. The monoisotopic (exact) mass is 264 g/mol. The Morgan fingerprint density at radius 2 is 2.37 bits per heavy atom. The number of hydrogen-bond acceptors (Lipinski definition) is 4. The zero-order valence-corrected chi connectivity index (χ0v) is 11.4. The Kier molecular flexibility index (Phi) is 4.37. The van der Waals surface area contributed by atoms with Crippen molar-refractivity contribution in [2.75, 3.05) is 25.2 Å². The molecule has 1 saturated carbocycles. The van der Waals surface area contributed by atoms with Crippen molar-refractivity contribution < 1.29 is 14.6 Å². The smallest absolute Gasteiger partial charge is 0.339 e. The van der Waals surface area contributed by atoms with Gasteiger partial charge in [-0.15, -0.1) is 0 Å². The molecule has 1 aliphatic rings. The molecule has 0 saturated heterocycles. The second-order valence-corrected chi connectivity index (χ2v) is 4.96. The molecule has 0 bridgehead atoms. The number of aromatic nitrogens is 1. The van der Waals surface area contributed by atoms with Crippen LogP contribution in [0, 0.1) is 5.92 Å². The summed E-state index contributed by atoms with van der Waals surface area (Å²) in [5.41, 5.74) is 0.991. The van der Waals surface area contributed by atoms with Gasteiger partial charge in [0.25, 0.3) is 0 Å². The quantitative estimate of drug-likeness (QED) is 0.816. The average molecular weight is 264 g/mol. The van der Waals surface area contributed by atoms with Crippen molar-refractivity contribution in [1.82, 2.24) is 4.98 Å². The van der Waals surface area contributed by atoms with Crippen molar-refractivity contribution in [2.45, 2.75) is 25.8 Å². The van der Waals surface area contributed by atoms with Gasteiger partial charge in [-0.1, -0.05) is 0 Å². The topological polar surface area (TPSA) is 62.7 Å². The number of methoxy groups -OCH3 is 1. The van der Waals surface area contributed by atoms with Crippen LogP contribution < -0.4 is 4.90 Å². The molecule has 1 aromatic heterocycles. The maximum Gasteiger partial charge on any atom is 0.339 e. The van der Waals surface area contributed by atoms with Crippen molar-refractivity contribution >= 4 is 11.7 Å². The van der Waals surface area contributed by atoms with Gasteiger partial charge < -0.3 is 14.7 Å². The molecule has 0 radical (unpaired) electrons. The number of carboxylic acids is 1. The Bertz CT molecular complexity index is 446. The first-order valence-corrected chi connectivity index (χ1v) is 6.58. The summed E-state index contributed by atoms with van der Waals surface area (Å²) in [6.07, 6.45) is 5.49. The Labute approximate surface area is 113 Å². The summed E-state index contributed by atoms with van der Waals surface area (Å²) < 4.78 is 5.14. The van der Waals surface area contributed by atoms with E-state index in [9.17, 15) is 9.90 Å². The lowest BCUT2D eigenvalue weighted by atomic mass is 10.1. The minimum absolute atomic E-state index is 0.256. The normalized spacial score (nSPS) is 16.1. The number of carboxylic acid groups (broad SMARTS) is 1. The van der Waals surface area contributed by atoms with Gasteiger partial charge in [0.2, 0.25) is 0 Å². The molecule has 0 aromatic carbocycles. The zero-order chi connectivity index (χ0) is 13.8. The number of aromatic carboxylic acids is 1. The third-order valence-electron chi connectivity index (χ3n) is 3.67. The number of ether oxygens (including phenoxy) is 1. The van der Waals surface area contributed by atoms with E-state index < -0.39 is 5.97 Å². The second-order valence-electron chi connectivity index (χ2n) is 4.96. The summed E-state index contributed by atoms with van der Waals surface area (Å²) in [4.78, 5) is 17.4. The molecule has 19 heavy (non-hydrogen) atoms. The van der Waals surface area contributed by atoms with E-state index in [0.717, 1.165) is 5.69 Å². The third-order valence-corrected chi connectivity index (χ3v) is 3.67. The van der Waals surface area contributed by atoms with Crippen molar-refractivity contribution in [3.05, 3.63) is 24.0 Å². The summed E-state index contributed by atoms with van der Waals surface area (Å²) in [7, 11) is 1.66. The fourth-order valence-corrected chi connectivity index (χ4v) is 2.37. The highest BCUT2D eigenvalue weighted by atomic mass is 16.5. The van der Waals surface area contributed by atoms with E-state index in [1.807, 2.05) is 0 Å². The molecule has 1 N–H and O–H groups in total. The van der Waals surface area contributed by atoms with Crippen LogP contribution in [-0.2, 0) is 4.74 Å². The van der Waals surface area contributed by atoms with Gasteiger partial charge in [0.1, 0.15) is 5.56 Å². The standard InChI is InChI=1S/C14H20N2O3/c1-10(11-3-4-11)16(7-8-19-2)13-5-6-15-9-12(13)14(17)18/h5-6,9-11H,3-4,7-8H2,1-2H3,(H,17,18). The van der Waals surface area contributed by atoms with Crippen LogP contribution in [0.4, 0.5) is 5.69 Å². The van der Waals surface area contributed by atoms with E-state index in [2.05, 4.69) is 16.8 Å². The number of carbonyl (C=O) groups is 1. The van der Waals surface area contributed by atoms with Crippen LogP contribution in [0.3, 0.4) is 0 Å². The summed E-state index contributed by atoms with van der Waals surface area (Å²) >= 11 is 0. The van der Waals surface area contributed by atoms with Gasteiger partial charge in [-0.3, -0.25) is 4.98 Å².